The number of aliphatic hydroxyl groups excluding tert-OH is 1. The van der Waals surface area contributed by atoms with Gasteiger partial charge in [0.2, 0.25) is 15.9 Å². The van der Waals surface area contributed by atoms with Crippen LogP contribution in [0, 0.1) is 29.1 Å². The topological polar surface area (TPSA) is 105 Å². The van der Waals surface area contributed by atoms with Crippen LogP contribution in [0.15, 0.2) is 24.3 Å². The quantitative estimate of drug-likeness (QED) is 0.573. The van der Waals surface area contributed by atoms with E-state index in [1.54, 1.807) is 7.11 Å². The number of ether oxygens (including phenoxy) is 1. The van der Waals surface area contributed by atoms with Gasteiger partial charge in [0.15, 0.2) is 0 Å². The van der Waals surface area contributed by atoms with E-state index in [1.165, 1.54) is 6.26 Å². The molecule has 1 aromatic carbocycles. The third-order valence-corrected chi connectivity index (χ3v) is 8.67. The predicted octanol–water partition coefficient (Wildman–Crippen LogP) is 2.69. The summed E-state index contributed by atoms with van der Waals surface area (Å²) in [6.45, 7) is 6.55. The van der Waals surface area contributed by atoms with E-state index >= 15 is 0 Å². The Morgan fingerprint density at radius 3 is 2.47 bits per heavy atom. The number of nitrogens with one attached hydrogen (secondary N) is 2. The van der Waals surface area contributed by atoms with Crippen molar-refractivity contribution in [1.82, 2.24) is 10.0 Å². The molecule has 2 fully saturated rings. The summed E-state index contributed by atoms with van der Waals surface area (Å²) in [5, 5.41) is 14.4. The molecule has 2 saturated carbocycles. The number of benzene rings is 1. The van der Waals surface area contributed by atoms with Gasteiger partial charge >= 0.3 is 0 Å². The molecule has 1 amide bonds. The molecule has 0 radical (unpaired) electrons. The maximum atomic E-state index is 12.9. The van der Waals surface area contributed by atoms with E-state index in [2.05, 4.69) is 17.0 Å². The molecule has 0 aromatic heterocycles. The van der Waals surface area contributed by atoms with E-state index in [1.807, 2.05) is 38.1 Å². The number of fused-ring (bicyclic) bond motifs is 1. The number of methoxy groups -OCH3 is 1. The first-order valence-corrected chi connectivity index (χ1v) is 13.4. The zero-order valence-corrected chi connectivity index (χ0v) is 20.6. The molecule has 2 aliphatic carbocycles. The summed E-state index contributed by atoms with van der Waals surface area (Å²) in [5.74, 6) is 0.170. The zero-order valence-electron chi connectivity index (χ0n) is 19.8. The largest absolute Gasteiger partial charge is 0.497 e. The molecule has 0 heterocycles. The number of rotatable bonds is 7. The lowest BCUT2D eigenvalue weighted by atomic mass is 9.52. The molecule has 1 aromatic rings. The zero-order chi connectivity index (χ0) is 23.7. The fourth-order valence-corrected chi connectivity index (χ4v) is 6.91. The lowest BCUT2D eigenvalue weighted by Crippen LogP contribution is -2.58. The summed E-state index contributed by atoms with van der Waals surface area (Å²) in [4.78, 5) is 12.9. The van der Waals surface area contributed by atoms with Gasteiger partial charge in [0.05, 0.1) is 19.5 Å². The predicted molar refractivity (Wildman–Crippen MR) is 124 cm³/mol. The van der Waals surface area contributed by atoms with Gasteiger partial charge < -0.3 is 15.2 Å². The van der Waals surface area contributed by atoms with Crippen molar-refractivity contribution < 1.29 is 23.1 Å². The van der Waals surface area contributed by atoms with Crippen molar-refractivity contribution in [3.05, 3.63) is 29.8 Å². The van der Waals surface area contributed by atoms with Crippen LogP contribution in [0.2, 0.25) is 0 Å². The number of hydrogen-bond acceptors (Lipinski definition) is 5. The molecule has 180 valence electrons. The monoisotopic (exact) mass is 466 g/mol. The molecule has 8 heteroatoms. The molecule has 7 atom stereocenters. The molecule has 0 unspecified atom stereocenters. The first kappa shape index (κ1) is 25.0. The molecular weight excluding hydrogens is 428 g/mol. The first-order chi connectivity index (χ1) is 14.9. The van der Waals surface area contributed by atoms with Gasteiger partial charge in [-0.25, -0.2) is 13.1 Å². The van der Waals surface area contributed by atoms with Gasteiger partial charge in [-0.05, 0) is 66.5 Å². The van der Waals surface area contributed by atoms with E-state index in [-0.39, 0.29) is 41.0 Å². The molecule has 2 aliphatic rings. The van der Waals surface area contributed by atoms with Gasteiger partial charge in [-0.1, -0.05) is 32.9 Å². The highest BCUT2D eigenvalue weighted by atomic mass is 32.2. The highest BCUT2D eigenvalue weighted by molar-refractivity contribution is 7.88. The van der Waals surface area contributed by atoms with Gasteiger partial charge in [-0.2, -0.15) is 0 Å². The fraction of sp³-hybridized carbons (Fsp3) is 0.708. The van der Waals surface area contributed by atoms with Crippen molar-refractivity contribution in [2.45, 2.75) is 65.1 Å². The van der Waals surface area contributed by atoms with Crippen LogP contribution < -0.4 is 14.8 Å². The minimum Gasteiger partial charge on any atom is -0.497 e. The lowest BCUT2D eigenvalue weighted by Gasteiger charge is -2.56. The van der Waals surface area contributed by atoms with Crippen molar-refractivity contribution in [1.29, 1.82) is 0 Å². The first-order valence-electron chi connectivity index (χ1n) is 11.5. The van der Waals surface area contributed by atoms with Crippen LogP contribution in [0.5, 0.6) is 5.75 Å². The Morgan fingerprint density at radius 1 is 1.25 bits per heavy atom. The van der Waals surface area contributed by atoms with Crippen LogP contribution in [0.4, 0.5) is 0 Å². The van der Waals surface area contributed by atoms with Crippen LogP contribution in [-0.2, 0) is 21.4 Å². The SMILES string of the molecule is COc1ccc(CNC(=O)[C@@H](C)[C@@H]2CC[C@]3(C)CC[C@H](NS(C)(=O)=O)[C@H](C)[C@@H]3[C@H]2O)cc1. The minimum absolute atomic E-state index is 0.00386. The van der Waals surface area contributed by atoms with Crippen molar-refractivity contribution in [3.8, 4) is 5.75 Å². The Hall–Kier alpha value is -1.64. The van der Waals surface area contributed by atoms with Crippen molar-refractivity contribution >= 4 is 15.9 Å². The molecule has 0 aliphatic heterocycles. The van der Waals surface area contributed by atoms with E-state index in [9.17, 15) is 18.3 Å². The van der Waals surface area contributed by atoms with Gasteiger partial charge in [0, 0.05) is 18.5 Å². The van der Waals surface area contributed by atoms with E-state index in [0.717, 1.165) is 37.0 Å². The van der Waals surface area contributed by atoms with Crippen LogP contribution >= 0.6 is 0 Å². The standard InChI is InChI=1S/C24H38N2O5S/c1-15(23(28)25-14-17-6-8-18(31-4)9-7-17)19-10-12-24(3)13-11-20(26-32(5,29)30)16(2)21(24)22(19)27/h6-9,15-16,19-22,26-27H,10-14H2,1-5H3,(H,25,28)/t15-,16-,19-,20-,21+,22-,24+/m0/s1. The van der Waals surface area contributed by atoms with Gasteiger partial charge in [0.25, 0.3) is 0 Å². The van der Waals surface area contributed by atoms with Crippen LogP contribution in [-0.4, -0.2) is 44.9 Å². The van der Waals surface area contributed by atoms with Crippen LogP contribution in [0.1, 0.15) is 52.0 Å². The van der Waals surface area contributed by atoms with Gasteiger partial charge in [-0.3, -0.25) is 4.79 Å². The number of hydrogen-bond donors (Lipinski definition) is 3. The van der Waals surface area contributed by atoms with E-state index < -0.39 is 16.1 Å². The Labute approximate surface area is 192 Å². The Kier molecular flexibility index (Phi) is 7.57. The van der Waals surface area contributed by atoms with E-state index in [4.69, 9.17) is 4.74 Å². The third kappa shape index (κ3) is 5.46. The smallest absolute Gasteiger partial charge is 0.223 e. The second-order valence-corrected chi connectivity index (χ2v) is 11.9. The van der Waals surface area contributed by atoms with E-state index in [0.29, 0.717) is 6.54 Å². The minimum atomic E-state index is -3.32. The third-order valence-electron chi connectivity index (χ3n) is 7.93. The Morgan fingerprint density at radius 2 is 1.88 bits per heavy atom. The molecule has 7 nitrogen and oxygen atoms in total. The summed E-state index contributed by atoms with van der Waals surface area (Å²) in [7, 11) is -1.70. The molecular formula is C24H38N2O5S. The highest BCUT2D eigenvalue weighted by Crippen LogP contribution is 2.55. The summed E-state index contributed by atoms with van der Waals surface area (Å²) in [5.41, 5.74) is 0.948. The van der Waals surface area contributed by atoms with Crippen molar-refractivity contribution in [3.63, 3.8) is 0 Å². The summed E-state index contributed by atoms with van der Waals surface area (Å²) < 4.78 is 31.6. The van der Waals surface area contributed by atoms with Crippen LogP contribution in [0.3, 0.4) is 0 Å². The average molecular weight is 467 g/mol. The fourth-order valence-electron chi connectivity index (χ4n) is 6.02. The van der Waals surface area contributed by atoms with Crippen molar-refractivity contribution in [2.24, 2.45) is 29.1 Å². The molecule has 0 bridgehead atoms. The number of carbonyl (C=O) groups excluding carboxylic acids is 1. The summed E-state index contributed by atoms with van der Waals surface area (Å²) in [6.07, 6.45) is 3.92. The lowest BCUT2D eigenvalue weighted by molar-refractivity contribution is -0.141. The normalized spacial score (nSPS) is 33.8. The number of carbonyl (C=O) groups is 1. The summed E-state index contributed by atoms with van der Waals surface area (Å²) in [6, 6.07) is 7.38. The molecule has 32 heavy (non-hydrogen) atoms. The number of aliphatic hydroxyl groups is 1. The second-order valence-electron chi connectivity index (χ2n) is 10.1. The van der Waals surface area contributed by atoms with Crippen molar-refractivity contribution in [2.75, 3.05) is 13.4 Å². The highest BCUT2D eigenvalue weighted by Gasteiger charge is 2.53. The second kappa shape index (κ2) is 9.69. The molecule has 3 rings (SSSR count). The summed E-state index contributed by atoms with van der Waals surface area (Å²) >= 11 is 0. The molecule has 0 saturated heterocycles. The maximum absolute atomic E-state index is 12.9. The number of sulfonamides is 1. The maximum Gasteiger partial charge on any atom is 0.223 e. The van der Waals surface area contributed by atoms with Gasteiger partial charge in [0.1, 0.15) is 5.75 Å². The Balaban J connectivity index is 1.66. The van der Waals surface area contributed by atoms with Gasteiger partial charge in [-0.15, -0.1) is 0 Å². The average Bonchev–Trinajstić information content (AvgIpc) is 2.73. The molecule has 0 spiro atoms. The Bertz CT molecular complexity index is 903. The number of amides is 1. The molecule has 3 N–H and O–H groups in total. The van der Waals surface area contributed by atoms with Crippen LogP contribution in [0.25, 0.3) is 0 Å².